The Morgan fingerprint density at radius 1 is 1.03 bits per heavy atom. The van der Waals surface area contributed by atoms with Gasteiger partial charge in [-0.05, 0) is 36.2 Å². The van der Waals surface area contributed by atoms with E-state index >= 15 is 0 Å². The summed E-state index contributed by atoms with van der Waals surface area (Å²) in [5, 5.41) is 6.95. The molecule has 2 amide bonds. The van der Waals surface area contributed by atoms with Gasteiger partial charge in [-0.25, -0.2) is 9.37 Å². The summed E-state index contributed by atoms with van der Waals surface area (Å²) in [5.74, 6) is -0.259. The summed E-state index contributed by atoms with van der Waals surface area (Å²) in [6, 6.07) is 12.5. The van der Waals surface area contributed by atoms with Gasteiger partial charge in [0.15, 0.2) is 5.01 Å². The highest BCUT2D eigenvalue weighted by Crippen LogP contribution is 2.30. The molecule has 2 aromatic carbocycles. The van der Waals surface area contributed by atoms with E-state index in [4.69, 9.17) is 0 Å². The van der Waals surface area contributed by atoms with Crippen molar-refractivity contribution < 1.29 is 14.0 Å². The molecule has 1 atom stereocenters. The van der Waals surface area contributed by atoms with Gasteiger partial charge in [-0.3, -0.25) is 9.59 Å². The van der Waals surface area contributed by atoms with Crippen LogP contribution in [0, 0.1) is 5.82 Å². The number of carbonyl (C=O) groups is 2. The average Bonchev–Trinajstić information content (AvgIpc) is 3.61. The summed E-state index contributed by atoms with van der Waals surface area (Å²) >= 11 is 1.37. The van der Waals surface area contributed by atoms with Gasteiger partial charge in [-0.2, -0.15) is 0 Å². The Balaban J connectivity index is 1.05. The van der Waals surface area contributed by atoms with Crippen molar-refractivity contribution in [3.8, 4) is 11.1 Å². The van der Waals surface area contributed by atoms with E-state index in [1.165, 1.54) is 23.5 Å². The maximum absolute atomic E-state index is 13.3. The van der Waals surface area contributed by atoms with Crippen LogP contribution in [0.15, 0.2) is 60.2 Å². The molecule has 178 valence electrons. The zero-order chi connectivity index (χ0) is 23.9. The highest BCUT2D eigenvalue weighted by Gasteiger charge is 2.35. The molecular formula is C26H24FN5O2S. The van der Waals surface area contributed by atoms with Crippen molar-refractivity contribution in [2.24, 2.45) is 0 Å². The molecule has 9 heteroatoms. The molecule has 0 spiro atoms. The molecule has 0 saturated carbocycles. The minimum Gasteiger partial charge on any atom is -0.361 e. The summed E-state index contributed by atoms with van der Waals surface area (Å²) in [7, 11) is 0. The Hall–Kier alpha value is -3.56. The van der Waals surface area contributed by atoms with Crippen molar-refractivity contribution in [3.05, 3.63) is 76.6 Å². The number of hydrogen-bond acceptors (Lipinski definition) is 5. The molecule has 6 rings (SSSR count). The third-order valence-electron chi connectivity index (χ3n) is 6.81. The van der Waals surface area contributed by atoms with Crippen LogP contribution in [-0.4, -0.2) is 69.8 Å². The van der Waals surface area contributed by atoms with E-state index in [1.54, 1.807) is 18.3 Å². The molecule has 2 aliphatic heterocycles. The lowest BCUT2D eigenvalue weighted by atomic mass is 10.0. The van der Waals surface area contributed by atoms with Crippen molar-refractivity contribution in [3.63, 3.8) is 0 Å². The minimum absolute atomic E-state index is 0.00277. The topological polar surface area (TPSA) is 81.3 Å². The molecule has 2 aliphatic rings. The van der Waals surface area contributed by atoms with E-state index in [-0.39, 0.29) is 29.7 Å². The zero-order valence-electron chi connectivity index (χ0n) is 18.9. The number of rotatable bonds is 5. The third-order valence-corrected chi connectivity index (χ3v) is 7.58. The third kappa shape index (κ3) is 4.21. The monoisotopic (exact) mass is 489 g/mol. The molecule has 0 radical (unpaired) electrons. The highest BCUT2D eigenvalue weighted by atomic mass is 32.1. The normalized spacial score (nSPS) is 18.3. The summed E-state index contributed by atoms with van der Waals surface area (Å²) in [4.78, 5) is 36.6. The molecule has 2 N–H and O–H groups in total. The highest BCUT2D eigenvalue weighted by molar-refractivity contribution is 7.11. The number of nitrogens with zero attached hydrogens (tertiary/aromatic N) is 3. The molecule has 7 nitrogen and oxygen atoms in total. The van der Waals surface area contributed by atoms with E-state index in [2.05, 4.69) is 15.3 Å². The number of H-pyrrole nitrogens is 1. The van der Waals surface area contributed by atoms with Gasteiger partial charge in [0, 0.05) is 78.1 Å². The Bertz CT molecular complexity index is 1380. The molecule has 2 saturated heterocycles. The first-order valence-corrected chi connectivity index (χ1v) is 12.5. The fourth-order valence-electron chi connectivity index (χ4n) is 4.94. The van der Waals surface area contributed by atoms with E-state index in [0.29, 0.717) is 30.2 Å². The largest absolute Gasteiger partial charge is 0.361 e. The molecular weight excluding hydrogens is 465 g/mol. The summed E-state index contributed by atoms with van der Waals surface area (Å²) in [6.45, 7) is 2.70. The second-order valence-corrected chi connectivity index (χ2v) is 10.0. The van der Waals surface area contributed by atoms with E-state index in [1.807, 2.05) is 39.6 Å². The second kappa shape index (κ2) is 8.90. The standard InChI is InChI=1S/C26H24FN5O2S/c27-18-4-1-16(2-5-18)22-12-29-23-11-17(3-6-21(22)23)25(33)32-14-20(15-32)30-19-7-9-31(13-19)26(34)24-28-8-10-35-24/h1-6,8,10-12,19-20,29-30H,7,9,13-15H2/t19-/m0/s1. The number of amides is 2. The Labute approximate surface area is 205 Å². The first-order valence-electron chi connectivity index (χ1n) is 11.7. The fourth-order valence-corrected chi connectivity index (χ4v) is 5.54. The zero-order valence-corrected chi connectivity index (χ0v) is 19.7. The number of thiazole rings is 1. The maximum atomic E-state index is 13.3. The summed E-state index contributed by atoms with van der Waals surface area (Å²) in [6.07, 6.45) is 4.45. The number of likely N-dealkylation sites (tertiary alicyclic amines) is 2. The number of benzene rings is 2. The number of hydrogen-bond donors (Lipinski definition) is 2. The molecule has 4 aromatic rings. The lowest BCUT2D eigenvalue weighted by Crippen LogP contribution is -2.62. The van der Waals surface area contributed by atoms with Crippen LogP contribution in [0.4, 0.5) is 4.39 Å². The quantitative estimate of drug-likeness (QED) is 0.447. The number of nitrogens with one attached hydrogen (secondary N) is 2. The minimum atomic E-state index is -0.266. The van der Waals surface area contributed by atoms with Crippen LogP contribution in [0.5, 0.6) is 0 Å². The van der Waals surface area contributed by atoms with Crippen molar-refractivity contribution in [1.29, 1.82) is 0 Å². The van der Waals surface area contributed by atoms with E-state index < -0.39 is 0 Å². The molecule has 2 aromatic heterocycles. The van der Waals surface area contributed by atoms with Crippen LogP contribution in [0.1, 0.15) is 26.6 Å². The van der Waals surface area contributed by atoms with Crippen LogP contribution < -0.4 is 5.32 Å². The molecule has 4 heterocycles. The van der Waals surface area contributed by atoms with Gasteiger partial charge in [0.1, 0.15) is 5.82 Å². The fraction of sp³-hybridized carbons (Fsp3) is 0.269. The van der Waals surface area contributed by atoms with E-state index in [9.17, 15) is 14.0 Å². The molecule has 35 heavy (non-hydrogen) atoms. The predicted octanol–water partition coefficient (Wildman–Crippen LogP) is 3.76. The number of halogens is 1. The van der Waals surface area contributed by atoms with Crippen molar-refractivity contribution >= 4 is 34.1 Å². The van der Waals surface area contributed by atoms with Crippen molar-refractivity contribution in [1.82, 2.24) is 25.1 Å². The van der Waals surface area contributed by atoms with Gasteiger partial charge >= 0.3 is 0 Å². The van der Waals surface area contributed by atoms with Crippen molar-refractivity contribution in [2.45, 2.75) is 18.5 Å². The lowest BCUT2D eigenvalue weighted by molar-refractivity contribution is 0.0553. The SMILES string of the molecule is O=C(c1ccc2c(-c3ccc(F)cc3)c[nH]c2c1)N1CC(N[C@H]2CCN(C(=O)c3nccs3)C2)C1. The van der Waals surface area contributed by atoms with Crippen LogP contribution in [-0.2, 0) is 0 Å². The van der Waals surface area contributed by atoms with Gasteiger partial charge in [0.2, 0.25) is 0 Å². The molecule has 0 bridgehead atoms. The van der Waals surface area contributed by atoms with Crippen LogP contribution in [0.2, 0.25) is 0 Å². The molecule has 0 aliphatic carbocycles. The smallest absolute Gasteiger partial charge is 0.282 e. The average molecular weight is 490 g/mol. The first kappa shape index (κ1) is 21.9. The Morgan fingerprint density at radius 3 is 2.60 bits per heavy atom. The second-order valence-electron chi connectivity index (χ2n) is 9.12. The Morgan fingerprint density at radius 2 is 1.83 bits per heavy atom. The van der Waals surface area contributed by atoms with Gasteiger partial charge in [-0.15, -0.1) is 11.3 Å². The molecule has 2 fully saturated rings. The molecule has 0 unspecified atom stereocenters. The summed E-state index contributed by atoms with van der Waals surface area (Å²) < 4.78 is 13.3. The number of aromatic amines is 1. The van der Waals surface area contributed by atoms with Gasteiger partial charge < -0.3 is 20.1 Å². The maximum Gasteiger partial charge on any atom is 0.282 e. The number of carbonyl (C=O) groups excluding carboxylic acids is 2. The summed E-state index contributed by atoms with van der Waals surface area (Å²) in [5.41, 5.74) is 3.42. The Kier molecular flexibility index (Phi) is 5.58. The predicted molar refractivity (Wildman–Crippen MR) is 133 cm³/mol. The van der Waals surface area contributed by atoms with Gasteiger partial charge in [0.25, 0.3) is 11.8 Å². The van der Waals surface area contributed by atoms with Crippen LogP contribution >= 0.6 is 11.3 Å². The van der Waals surface area contributed by atoms with Gasteiger partial charge in [0.05, 0.1) is 0 Å². The van der Waals surface area contributed by atoms with E-state index in [0.717, 1.165) is 35.0 Å². The van der Waals surface area contributed by atoms with Crippen molar-refractivity contribution in [2.75, 3.05) is 26.2 Å². The van der Waals surface area contributed by atoms with Gasteiger partial charge in [-0.1, -0.05) is 18.2 Å². The van der Waals surface area contributed by atoms with Crippen LogP contribution in [0.3, 0.4) is 0 Å². The first-order chi connectivity index (χ1) is 17.0. The number of fused-ring (bicyclic) bond motifs is 1. The number of aromatic nitrogens is 2. The lowest BCUT2D eigenvalue weighted by Gasteiger charge is -2.41. The van der Waals surface area contributed by atoms with Crippen LogP contribution in [0.25, 0.3) is 22.0 Å².